The zero-order valence-electron chi connectivity index (χ0n) is 14.8. The fourth-order valence-electron chi connectivity index (χ4n) is 3.04. The summed E-state index contributed by atoms with van der Waals surface area (Å²) >= 11 is 0. The van der Waals surface area contributed by atoms with Gasteiger partial charge in [-0.25, -0.2) is 4.98 Å². The SMILES string of the molecule is COc1nc(N)c2ncn([C@@H]3O[C@H](C(=O)Nc4ccccc4)C(O)[C@@H]3O)c2n1. The van der Waals surface area contributed by atoms with Crippen molar-refractivity contribution in [3.05, 3.63) is 36.7 Å². The van der Waals surface area contributed by atoms with Crippen molar-refractivity contribution < 1.29 is 24.5 Å². The summed E-state index contributed by atoms with van der Waals surface area (Å²) in [6, 6.07) is 8.73. The average Bonchev–Trinajstić information content (AvgIpc) is 3.24. The van der Waals surface area contributed by atoms with Crippen LogP contribution in [0.15, 0.2) is 36.7 Å². The van der Waals surface area contributed by atoms with Gasteiger partial charge in [0, 0.05) is 5.69 Å². The van der Waals surface area contributed by atoms with Crippen molar-refractivity contribution in [2.24, 2.45) is 0 Å². The number of hydrogen-bond acceptors (Lipinski definition) is 9. The summed E-state index contributed by atoms with van der Waals surface area (Å²) in [6.07, 6.45) is -3.91. The summed E-state index contributed by atoms with van der Waals surface area (Å²) < 4.78 is 12.0. The number of anilines is 2. The highest BCUT2D eigenvalue weighted by Gasteiger charge is 2.47. The lowest BCUT2D eigenvalue weighted by Gasteiger charge is -2.16. The minimum absolute atomic E-state index is 0.0122. The predicted molar refractivity (Wildman–Crippen MR) is 97.3 cm³/mol. The molecule has 5 N–H and O–H groups in total. The molecule has 1 aromatic carbocycles. The average molecular weight is 386 g/mol. The molecule has 1 aliphatic rings. The van der Waals surface area contributed by atoms with Gasteiger partial charge in [0.15, 0.2) is 29.3 Å². The number of carbonyl (C=O) groups is 1. The lowest BCUT2D eigenvalue weighted by atomic mass is 10.1. The van der Waals surface area contributed by atoms with E-state index in [2.05, 4.69) is 20.3 Å². The van der Waals surface area contributed by atoms with Crippen LogP contribution in [0, 0.1) is 0 Å². The Bertz CT molecular complexity index is 1010. The molecule has 0 aliphatic carbocycles. The lowest BCUT2D eigenvalue weighted by Crippen LogP contribution is -2.39. The molecule has 1 amide bonds. The number of hydrogen-bond donors (Lipinski definition) is 4. The van der Waals surface area contributed by atoms with E-state index in [1.165, 1.54) is 18.0 Å². The number of benzene rings is 1. The van der Waals surface area contributed by atoms with Crippen LogP contribution in [0.2, 0.25) is 0 Å². The zero-order valence-corrected chi connectivity index (χ0v) is 14.8. The van der Waals surface area contributed by atoms with Crippen molar-refractivity contribution in [2.45, 2.75) is 24.5 Å². The van der Waals surface area contributed by atoms with E-state index in [0.717, 1.165) is 0 Å². The number of nitrogens with one attached hydrogen (secondary N) is 1. The van der Waals surface area contributed by atoms with Crippen LogP contribution in [-0.2, 0) is 9.53 Å². The van der Waals surface area contributed by atoms with Gasteiger partial charge in [0.25, 0.3) is 5.91 Å². The maximum atomic E-state index is 12.5. The first-order chi connectivity index (χ1) is 13.5. The number of carbonyl (C=O) groups excluding carboxylic acids is 1. The van der Waals surface area contributed by atoms with Crippen LogP contribution < -0.4 is 15.8 Å². The molecule has 1 aliphatic heterocycles. The Morgan fingerprint density at radius 3 is 2.71 bits per heavy atom. The molecule has 0 spiro atoms. The number of rotatable bonds is 4. The number of aliphatic hydroxyl groups excluding tert-OH is 2. The fourth-order valence-corrected chi connectivity index (χ4v) is 3.04. The van der Waals surface area contributed by atoms with E-state index < -0.39 is 30.4 Å². The molecule has 4 rings (SSSR count). The van der Waals surface area contributed by atoms with Gasteiger partial charge in [-0.15, -0.1) is 0 Å². The van der Waals surface area contributed by atoms with E-state index in [4.69, 9.17) is 15.2 Å². The quantitative estimate of drug-likeness (QED) is 0.471. The molecule has 146 valence electrons. The van der Waals surface area contributed by atoms with E-state index in [-0.39, 0.29) is 23.0 Å². The number of amides is 1. The van der Waals surface area contributed by atoms with Crippen molar-refractivity contribution in [1.29, 1.82) is 0 Å². The van der Waals surface area contributed by atoms with Crippen LogP contribution in [0.3, 0.4) is 0 Å². The highest BCUT2D eigenvalue weighted by atomic mass is 16.6. The number of nitrogens with two attached hydrogens (primary N) is 1. The Morgan fingerprint density at radius 1 is 1.25 bits per heavy atom. The summed E-state index contributed by atoms with van der Waals surface area (Å²) in [4.78, 5) is 24.7. The predicted octanol–water partition coefficient (Wildman–Crippen LogP) is -0.325. The third-order valence-electron chi connectivity index (χ3n) is 4.42. The Balaban J connectivity index is 1.62. The van der Waals surface area contributed by atoms with Crippen LogP contribution in [0.5, 0.6) is 6.01 Å². The molecule has 0 saturated carbocycles. The van der Waals surface area contributed by atoms with E-state index >= 15 is 0 Å². The Morgan fingerprint density at radius 2 is 2.00 bits per heavy atom. The van der Waals surface area contributed by atoms with Crippen molar-refractivity contribution in [1.82, 2.24) is 19.5 Å². The van der Waals surface area contributed by atoms with Gasteiger partial charge in [0.1, 0.15) is 12.2 Å². The van der Waals surface area contributed by atoms with Gasteiger partial charge in [0.2, 0.25) is 0 Å². The topological polar surface area (TPSA) is 158 Å². The Hall–Kier alpha value is -3.28. The van der Waals surface area contributed by atoms with Crippen molar-refractivity contribution in [2.75, 3.05) is 18.2 Å². The maximum Gasteiger partial charge on any atom is 0.320 e. The van der Waals surface area contributed by atoms with Crippen LogP contribution in [0.25, 0.3) is 11.2 Å². The number of imidazole rings is 1. The molecule has 3 aromatic rings. The number of fused-ring (bicyclic) bond motifs is 1. The summed E-state index contributed by atoms with van der Waals surface area (Å²) in [7, 11) is 1.38. The third-order valence-corrected chi connectivity index (χ3v) is 4.42. The molecule has 1 unspecified atom stereocenters. The molecule has 2 aromatic heterocycles. The van der Waals surface area contributed by atoms with E-state index in [1.54, 1.807) is 24.3 Å². The zero-order chi connectivity index (χ0) is 19.8. The normalized spacial score (nSPS) is 24.4. The second-order valence-corrected chi connectivity index (χ2v) is 6.20. The number of ether oxygens (including phenoxy) is 2. The van der Waals surface area contributed by atoms with E-state index in [1.807, 2.05) is 6.07 Å². The molecule has 4 atom stereocenters. The second kappa shape index (κ2) is 7.03. The van der Waals surface area contributed by atoms with Gasteiger partial charge in [-0.3, -0.25) is 9.36 Å². The summed E-state index contributed by atoms with van der Waals surface area (Å²) in [6.45, 7) is 0. The summed E-state index contributed by atoms with van der Waals surface area (Å²) in [5, 5.41) is 23.5. The lowest BCUT2D eigenvalue weighted by molar-refractivity contribution is -0.132. The second-order valence-electron chi connectivity index (χ2n) is 6.20. The number of aliphatic hydroxyl groups is 2. The first kappa shape index (κ1) is 18.1. The molecule has 3 heterocycles. The van der Waals surface area contributed by atoms with Gasteiger partial charge in [-0.1, -0.05) is 18.2 Å². The molecular weight excluding hydrogens is 368 g/mol. The first-order valence-electron chi connectivity index (χ1n) is 8.41. The van der Waals surface area contributed by atoms with Crippen LogP contribution >= 0.6 is 0 Å². The molecule has 0 radical (unpaired) electrons. The minimum atomic E-state index is -1.45. The van der Waals surface area contributed by atoms with E-state index in [9.17, 15) is 15.0 Å². The fraction of sp³-hybridized carbons (Fsp3) is 0.294. The highest BCUT2D eigenvalue weighted by molar-refractivity contribution is 5.94. The molecule has 11 heteroatoms. The highest BCUT2D eigenvalue weighted by Crippen LogP contribution is 2.33. The largest absolute Gasteiger partial charge is 0.467 e. The number of para-hydroxylation sites is 1. The van der Waals surface area contributed by atoms with Gasteiger partial charge >= 0.3 is 6.01 Å². The number of aromatic nitrogens is 4. The van der Waals surface area contributed by atoms with Gasteiger partial charge < -0.3 is 30.7 Å². The molecular formula is C17H18N6O5. The number of nitrogen functional groups attached to an aromatic ring is 1. The Kier molecular flexibility index (Phi) is 4.55. The smallest absolute Gasteiger partial charge is 0.320 e. The first-order valence-corrected chi connectivity index (χ1v) is 8.41. The van der Waals surface area contributed by atoms with Crippen LogP contribution in [-0.4, -0.2) is 61.1 Å². The molecule has 11 nitrogen and oxygen atoms in total. The third kappa shape index (κ3) is 3.01. The van der Waals surface area contributed by atoms with Crippen molar-refractivity contribution in [3.63, 3.8) is 0 Å². The van der Waals surface area contributed by atoms with Crippen molar-refractivity contribution >= 4 is 28.6 Å². The van der Waals surface area contributed by atoms with Crippen LogP contribution in [0.4, 0.5) is 11.5 Å². The number of methoxy groups -OCH3 is 1. The molecule has 28 heavy (non-hydrogen) atoms. The molecule has 1 fully saturated rings. The Labute approximate surface area is 158 Å². The van der Waals surface area contributed by atoms with Crippen LogP contribution in [0.1, 0.15) is 6.23 Å². The minimum Gasteiger partial charge on any atom is -0.467 e. The standard InChI is InChI=1S/C17H18N6O5/c1-27-17-21-13(18)9-14(22-17)23(7-19-9)16-11(25)10(24)12(28-16)15(26)20-8-5-3-2-4-6-8/h2-7,10-12,16,24-25H,1H3,(H,20,26)(H2,18,21,22)/t10?,11-,12-,16+/m0/s1. The monoisotopic (exact) mass is 386 g/mol. The summed E-state index contributed by atoms with van der Waals surface area (Å²) in [5.41, 5.74) is 6.91. The van der Waals surface area contributed by atoms with Crippen molar-refractivity contribution in [3.8, 4) is 6.01 Å². The van der Waals surface area contributed by atoms with Gasteiger partial charge in [0.05, 0.1) is 13.4 Å². The summed E-state index contributed by atoms with van der Waals surface area (Å²) in [5.74, 6) is -0.497. The van der Waals surface area contributed by atoms with Gasteiger partial charge in [-0.05, 0) is 12.1 Å². The molecule has 0 bridgehead atoms. The molecule has 1 saturated heterocycles. The van der Waals surface area contributed by atoms with Gasteiger partial charge in [-0.2, -0.15) is 9.97 Å². The number of nitrogens with zero attached hydrogens (tertiary/aromatic N) is 4. The van der Waals surface area contributed by atoms with E-state index in [0.29, 0.717) is 5.69 Å². The maximum absolute atomic E-state index is 12.5.